The second-order valence-corrected chi connectivity index (χ2v) is 7.09. The number of hydrogen-bond donors (Lipinski definition) is 1. The van der Waals surface area contributed by atoms with E-state index >= 15 is 0 Å². The molecule has 4 aromatic rings. The third kappa shape index (κ3) is 3.52. The molecule has 0 saturated heterocycles. The highest BCUT2D eigenvalue weighted by molar-refractivity contribution is 6.02. The summed E-state index contributed by atoms with van der Waals surface area (Å²) in [5.74, 6) is 1.82. The number of anilines is 1. The first kappa shape index (κ1) is 17.3. The summed E-state index contributed by atoms with van der Waals surface area (Å²) in [7, 11) is 0. The molecule has 29 heavy (non-hydrogen) atoms. The minimum atomic E-state index is -0.293. The molecule has 1 aliphatic carbocycles. The molecule has 0 spiro atoms. The fraction of sp³-hybridized carbons (Fsp3) is 0.190. The zero-order valence-electron chi connectivity index (χ0n) is 15.7. The highest BCUT2D eigenvalue weighted by Gasteiger charge is 2.29. The minimum absolute atomic E-state index is 0.284. The average Bonchev–Trinajstić information content (AvgIpc) is 3.27. The number of amides is 1. The Morgan fingerprint density at radius 1 is 1.17 bits per heavy atom. The van der Waals surface area contributed by atoms with Gasteiger partial charge in [-0.05, 0) is 44.0 Å². The molecule has 1 fully saturated rings. The maximum absolute atomic E-state index is 12.5. The number of nitrogens with zero attached hydrogens (tertiary/aromatic N) is 5. The average molecular weight is 386 g/mol. The molecule has 1 amide bonds. The van der Waals surface area contributed by atoms with Crippen molar-refractivity contribution in [2.75, 3.05) is 5.32 Å². The first-order valence-electron chi connectivity index (χ1n) is 9.39. The van der Waals surface area contributed by atoms with E-state index < -0.39 is 0 Å². The lowest BCUT2D eigenvalue weighted by Crippen LogP contribution is -2.12. The highest BCUT2D eigenvalue weighted by Crippen LogP contribution is 2.39. The summed E-state index contributed by atoms with van der Waals surface area (Å²) in [5.41, 5.74) is 2.81. The van der Waals surface area contributed by atoms with Crippen molar-refractivity contribution in [2.45, 2.75) is 25.7 Å². The summed E-state index contributed by atoms with van der Waals surface area (Å²) >= 11 is 0. The molecule has 1 aliphatic rings. The van der Waals surface area contributed by atoms with Gasteiger partial charge in [-0.3, -0.25) is 9.36 Å². The number of hydrogen-bond acceptors (Lipinski definition) is 6. The zero-order valence-corrected chi connectivity index (χ0v) is 15.7. The van der Waals surface area contributed by atoms with E-state index in [0.717, 1.165) is 24.2 Å². The molecule has 5 rings (SSSR count). The van der Waals surface area contributed by atoms with E-state index in [1.807, 2.05) is 43.3 Å². The molecule has 0 bridgehead atoms. The van der Waals surface area contributed by atoms with Gasteiger partial charge in [0.2, 0.25) is 0 Å². The van der Waals surface area contributed by atoms with Crippen LogP contribution >= 0.6 is 0 Å². The fourth-order valence-corrected chi connectivity index (χ4v) is 3.01. The normalized spacial score (nSPS) is 13.4. The van der Waals surface area contributed by atoms with Crippen molar-refractivity contribution in [2.24, 2.45) is 0 Å². The number of imidazole rings is 1. The number of pyridine rings is 1. The van der Waals surface area contributed by atoms with E-state index in [0.29, 0.717) is 28.9 Å². The summed E-state index contributed by atoms with van der Waals surface area (Å²) in [6.07, 6.45) is 7.05. The summed E-state index contributed by atoms with van der Waals surface area (Å²) in [4.78, 5) is 25.7. The highest BCUT2D eigenvalue weighted by atomic mass is 16.5. The van der Waals surface area contributed by atoms with Crippen LogP contribution in [0.2, 0.25) is 0 Å². The molecule has 8 heteroatoms. The predicted molar refractivity (Wildman–Crippen MR) is 106 cm³/mol. The molecule has 144 valence electrons. The number of carbonyl (C=O) groups is 1. The Kier molecular flexibility index (Phi) is 4.16. The summed E-state index contributed by atoms with van der Waals surface area (Å²) in [5, 5.41) is 6.92. The van der Waals surface area contributed by atoms with Crippen molar-refractivity contribution in [1.29, 1.82) is 0 Å². The Morgan fingerprint density at radius 3 is 2.79 bits per heavy atom. The molecule has 8 nitrogen and oxygen atoms in total. The van der Waals surface area contributed by atoms with Crippen LogP contribution in [0.1, 0.15) is 40.6 Å². The molecular weight excluding hydrogens is 368 g/mol. The first-order valence-corrected chi connectivity index (χ1v) is 9.39. The predicted octanol–water partition coefficient (Wildman–Crippen LogP) is 3.76. The van der Waals surface area contributed by atoms with Crippen LogP contribution in [0.5, 0.6) is 0 Å². The Morgan fingerprint density at radius 2 is 2.00 bits per heavy atom. The standard InChI is InChI=1S/C21H18N6O2/c1-13-4-8-15(9-5-13)24-20(28)17-11-27(12-23-17)19-16(3-2-10-22-19)21-25-18(26-29-21)14-6-7-14/h2-5,8-12,14H,6-7H2,1H3,(H,24,28). The molecule has 3 heterocycles. The Bertz CT molecular complexity index is 1170. The van der Waals surface area contributed by atoms with Gasteiger partial charge in [0.1, 0.15) is 12.0 Å². The van der Waals surface area contributed by atoms with Gasteiger partial charge in [-0.2, -0.15) is 4.98 Å². The topological polar surface area (TPSA) is 98.7 Å². The van der Waals surface area contributed by atoms with Crippen molar-refractivity contribution in [3.8, 4) is 17.3 Å². The van der Waals surface area contributed by atoms with E-state index in [1.165, 1.54) is 0 Å². The van der Waals surface area contributed by atoms with Crippen LogP contribution in [0.25, 0.3) is 17.3 Å². The van der Waals surface area contributed by atoms with Crippen LogP contribution in [0, 0.1) is 6.92 Å². The third-order valence-corrected chi connectivity index (χ3v) is 4.77. The lowest BCUT2D eigenvalue weighted by atomic mass is 10.2. The van der Waals surface area contributed by atoms with E-state index in [1.54, 1.807) is 23.3 Å². The molecule has 1 N–H and O–H groups in total. The van der Waals surface area contributed by atoms with Crippen molar-refractivity contribution in [3.05, 3.63) is 72.2 Å². The molecule has 1 saturated carbocycles. The smallest absolute Gasteiger partial charge is 0.275 e. The van der Waals surface area contributed by atoms with Crippen LogP contribution in [0.4, 0.5) is 5.69 Å². The van der Waals surface area contributed by atoms with Crippen molar-refractivity contribution >= 4 is 11.6 Å². The molecule has 0 unspecified atom stereocenters. The van der Waals surface area contributed by atoms with E-state index in [9.17, 15) is 4.79 Å². The summed E-state index contributed by atoms with van der Waals surface area (Å²) in [6, 6.07) is 11.3. The molecule has 0 atom stereocenters. The number of rotatable bonds is 5. The van der Waals surface area contributed by atoms with Gasteiger partial charge in [-0.1, -0.05) is 22.9 Å². The Balaban J connectivity index is 1.41. The van der Waals surface area contributed by atoms with Gasteiger partial charge in [0, 0.05) is 24.0 Å². The number of aromatic nitrogens is 5. The summed E-state index contributed by atoms with van der Waals surface area (Å²) < 4.78 is 7.12. The monoisotopic (exact) mass is 386 g/mol. The van der Waals surface area contributed by atoms with Crippen molar-refractivity contribution < 1.29 is 9.32 Å². The number of benzene rings is 1. The van der Waals surface area contributed by atoms with Crippen molar-refractivity contribution in [1.82, 2.24) is 24.7 Å². The Labute approximate surface area is 166 Å². The summed E-state index contributed by atoms with van der Waals surface area (Å²) in [6.45, 7) is 1.99. The maximum atomic E-state index is 12.5. The minimum Gasteiger partial charge on any atom is -0.334 e. The van der Waals surface area contributed by atoms with Crippen LogP contribution in [-0.4, -0.2) is 30.6 Å². The lowest BCUT2D eigenvalue weighted by molar-refractivity contribution is 0.102. The molecule has 3 aromatic heterocycles. The Hall–Kier alpha value is -3.81. The van der Waals surface area contributed by atoms with E-state index in [4.69, 9.17) is 4.52 Å². The van der Waals surface area contributed by atoms with Crippen LogP contribution in [0.3, 0.4) is 0 Å². The zero-order chi connectivity index (χ0) is 19.8. The molecule has 1 aromatic carbocycles. The molecule has 0 radical (unpaired) electrons. The number of nitrogens with one attached hydrogen (secondary N) is 1. The van der Waals surface area contributed by atoms with Gasteiger partial charge in [-0.25, -0.2) is 9.97 Å². The van der Waals surface area contributed by atoms with Crippen LogP contribution in [-0.2, 0) is 0 Å². The first-order chi connectivity index (χ1) is 14.2. The second kappa shape index (κ2) is 6.97. The fourth-order valence-electron chi connectivity index (χ4n) is 3.01. The second-order valence-electron chi connectivity index (χ2n) is 7.09. The number of carbonyl (C=O) groups excluding carboxylic acids is 1. The molecule has 0 aliphatic heterocycles. The van der Waals surface area contributed by atoms with E-state index in [-0.39, 0.29) is 11.6 Å². The van der Waals surface area contributed by atoms with Crippen LogP contribution in [0.15, 0.2) is 59.6 Å². The van der Waals surface area contributed by atoms with Gasteiger partial charge in [0.25, 0.3) is 11.8 Å². The largest absolute Gasteiger partial charge is 0.334 e. The maximum Gasteiger partial charge on any atom is 0.275 e. The quantitative estimate of drug-likeness (QED) is 0.561. The van der Waals surface area contributed by atoms with Gasteiger partial charge in [0.15, 0.2) is 11.6 Å². The van der Waals surface area contributed by atoms with Gasteiger partial charge in [0.05, 0.1) is 5.56 Å². The van der Waals surface area contributed by atoms with Gasteiger partial charge >= 0.3 is 0 Å². The lowest BCUT2D eigenvalue weighted by Gasteiger charge is -2.05. The van der Waals surface area contributed by atoms with Crippen molar-refractivity contribution in [3.63, 3.8) is 0 Å². The number of aryl methyl sites for hydroxylation is 1. The van der Waals surface area contributed by atoms with E-state index in [2.05, 4.69) is 25.4 Å². The van der Waals surface area contributed by atoms with Gasteiger partial charge < -0.3 is 9.84 Å². The third-order valence-electron chi connectivity index (χ3n) is 4.77. The van der Waals surface area contributed by atoms with Crippen LogP contribution < -0.4 is 5.32 Å². The SMILES string of the molecule is Cc1ccc(NC(=O)c2cn(-c3ncccc3-c3nc(C4CC4)no3)cn2)cc1. The molecular formula is C21H18N6O2. The van der Waals surface area contributed by atoms with Gasteiger partial charge in [-0.15, -0.1) is 0 Å².